The molecule has 0 amide bonds. The van der Waals surface area contributed by atoms with Crippen LogP contribution < -0.4 is 5.73 Å². The number of nitrogens with one attached hydrogen (secondary N) is 1. The van der Waals surface area contributed by atoms with Gasteiger partial charge in [-0.25, -0.2) is 0 Å². The first-order valence-electron chi connectivity index (χ1n) is 1.63. The van der Waals surface area contributed by atoms with E-state index in [0.29, 0.717) is 5.88 Å². The lowest BCUT2D eigenvalue weighted by Gasteiger charge is -1.91. The van der Waals surface area contributed by atoms with Crippen molar-refractivity contribution in [2.75, 3.05) is 5.88 Å². The van der Waals surface area contributed by atoms with Gasteiger partial charge in [0.15, 0.2) is 0 Å². The summed E-state index contributed by atoms with van der Waals surface area (Å²) in [4.78, 5) is 0. The number of alkyl halides is 1. The zero-order chi connectivity index (χ0) is 4.99. The predicted molar refractivity (Wildman–Crippen MR) is 27.5 cm³/mol. The number of nitrogens with two attached hydrogens (primary N) is 1. The van der Waals surface area contributed by atoms with E-state index < -0.39 is 0 Å². The van der Waals surface area contributed by atoms with E-state index in [4.69, 9.17) is 22.7 Å². The Morgan fingerprint density at radius 1 is 2.00 bits per heavy atom. The molecular formula is C3H7ClN2. The third-order valence-electron chi connectivity index (χ3n) is 0.392. The molecule has 0 aromatic heterocycles. The normalized spacial score (nSPS) is 13.7. The van der Waals surface area contributed by atoms with E-state index in [1.165, 1.54) is 0 Å². The SMILES string of the molecule is N=C[C@H](N)CCl. The summed E-state index contributed by atoms with van der Waals surface area (Å²) in [6.07, 6.45) is 1.12. The summed E-state index contributed by atoms with van der Waals surface area (Å²) in [7, 11) is 0. The van der Waals surface area contributed by atoms with Gasteiger partial charge in [0.05, 0.1) is 6.04 Å². The molecule has 0 aliphatic rings. The topological polar surface area (TPSA) is 49.9 Å². The molecule has 0 aromatic rings. The summed E-state index contributed by atoms with van der Waals surface area (Å²) >= 11 is 5.18. The van der Waals surface area contributed by atoms with Gasteiger partial charge in [0.2, 0.25) is 0 Å². The monoisotopic (exact) mass is 106 g/mol. The average molecular weight is 107 g/mol. The highest BCUT2D eigenvalue weighted by Crippen LogP contribution is 1.74. The molecule has 0 spiro atoms. The van der Waals surface area contributed by atoms with Crippen LogP contribution in [0.1, 0.15) is 0 Å². The molecule has 3 heteroatoms. The summed E-state index contributed by atoms with van der Waals surface area (Å²) in [5.74, 6) is 0.337. The Morgan fingerprint density at radius 2 is 2.50 bits per heavy atom. The van der Waals surface area contributed by atoms with Crippen LogP contribution in [0.5, 0.6) is 0 Å². The molecule has 0 heterocycles. The van der Waals surface area contributed by atoms with Crippen LogP contribution >= 0.6 is 11.6 Å². The number of hydrogen-bond acceptors (Lipinski definition) is 2. The summed E-state index contributed by atoms with van der Waals surface area (Å²) in [6.45, 7) is 0. The number of rotatable bonds is 2. The van der Waals surface area contributed by atoms with Gasteiger partial charge >= 0.3 is 0 Å². The van der Waals surface area contributed by atoms with Gasteiger partial charge in [0, 0.05) is 12.1 Å². The summed E-state index contributed by atoms with van der Waals surface area (Å²) < 4.78 is 0. The minimum atomic E-state index is -0.258. The Bertz CT molecular complexity index is 46.1. The smallest absolute Gasteiger partial charge is 0.0529 e. The summed E-state index contributed by atoms with van der Waals surface area (Å²) in [6, 6.07) is -0.258. The second-order valence-corrected chi connectivity index (χ2v) is 1.29. The van der Waals surface area contributed by atoms with Crippen molar-refractivity contribution in [3.63, 3.8) is 0 Å². The lowest BCUT2D eigenvalue weighted by Crippen LogP contribution is -2.22. The second-order valence-electron chi connectivity index (χ2n) is 0.985. The van der Waals surface area contributed by atoms with E-state index >= 15 is 0 Å². The maximum atomic E-state index is 6.47. The predicted octanol–water partition coefficient (Wildman–Crippen LogP) is 0.202. The quantitative estimate of drug-likeness (QED) is 0.384. The molecule has 36 valence electrons. The van der Waals surface area contributed by atoms with Crippen LogP contribution in [0.2, 0.25) is 0 Å². The molecule has 6 heavy (non-hydrogen) atoms. The maximum absolute atomic E-state index is 6.47. The van der Waals surface area contributed by atoms with Gasteiger partial charge in [-0.05, 0) is 0 Å². The molecule has 0 radical (unpaired) electrons. The van der Waals surface area contributed by atoms with Crippen molar-refractivity contribution in [3.8, 4) is 0 Å². The molecule has 0 bridgehead atoms. The molecule has 0 aromatic carbocycles. The lowest BCUT2D eigenvalue weighted by atomic mass is 10.4. The fourth-order valence-electron chi connectivity index (χ4n) is 0.0445. The molecule has 0 saturated carbocycles. The highest BCUT2D eigenvalue weighted by molar-refractivity contribution is 6.19. The van der Waals surface area contributed by atoms with E-state index in [0.717, 1.165) is 6.21 Å². The van der Waals surface area contributed by atoms with Crippen LogP contribution in [0.15, 0.2) is 0 Å². The molecule has 0 rings (SSSR count). The highest BCUT2D eigenvalue weighted by Gasteiger charge is 1.88. The Morgan fingerprint density at radius 3 is 2.50 bits per heavy atom. The minimum Gasteiger partial charge on any atom is -0.322 e. The van der Waals surface area contributed by atoms with Crippen LogP contribution in [-0.2, 0) is 0 Å². The molecule has 2 nitrogen and oxygen atoms in total. The molecule has 0 aliphatic heterocycles. The Kier molecular flexibility index (Phi) is 3.08. The first-order chi connectivity index (χ1) is 2.81. The van der Waals surface area contributed by atoms with Crippen LogP contribution in [0.3, 0.4) is 0 Å². The maximum Gasteiger partial charge on any atom is 0.0529 e. The molecule has 0 unspecified atom stereocenters. The Labute approximate surface area is 41.8 Å². The van der Waals surface area contributed by atoms with Crippen molar-refractivity contribution < 1.29 is 0 Å². The standard InChI is InChI=1S/C3H7ClN2/c4-1-3(6)2-5/h2-3,5H,1,6H2/t3-/m1/s1. The zero-order valence-corrected chi connectivity index (χ0v) is 4.07. The van der Waals surface area contributed by atoms with Gasteiger partial charge < -0.3 is 11.1 Å². The fourth-order valence-corrected chi connectivity index (χ4v) is 0.134. The largest absolute Gasteiger partial charge is 0.322 e. The third-order valence-corrected chi connectivity index (χ3v) is 0.749. The Hall–Kier alpha value is -0.0800. The van der Waals surface area contributed by atoms with Crippen LogP contribution in [0.4, 0.5) is 0 Å². The Balaban J connectivity index is 2.96. The zero-order valence-electron chi connectivity index (χ0n) is 3.32. The lowest BCUT2D eigenvalue weighted by molar-refractivity contribution is 0.998. The van der Waals surface area contributed by atoms with Gasteiger partial charge in [0.1, 0.15) is 0 Å². The van der Waals surface area contributed by atoms with Crippen LogP contribution in [0.25, 0.3) is 0 Å². The van der Waals surface area contributed by atoms with Gasteiger partial charge in [0.25, 0.3) is 0 Å². The highest BCUT2D eigenvalue weighted by atomic mass is 35.5. The van der Waals surface area contributed by atoms with Crippen LogP contribution in [-0.4, -0.2) is 18.1 Å². The van der Waals surface area contributed by atoms with Crippen LogP contribution in [0, 0.1) is 5.41 Å². The van der Waals surface area contributed by atoms with Gasteiger partial charge in [-0.15, -0.1) is 11.6 Å². The van der Waals surface area contributed by atoms with Crippen molar-refractivity contribution in [1.29, 1.82) is 5.41 Å². The van der Waals surface area contributed by atoms with Crippen molar-refractivity contribution in [2.24, 2.45) is 5.73 Å². The van der Waals surface area contributed by atoms with Gasteiger partial charge in [-0.1, -0.05) is 0 Å². The minimum absolute atomic E-state index is 0.258. The molecular weight excluding hydrogens is 99.5 g/mol. The molecule has 0 saturated heterocycles. The molecule has 1 atom stereocenters. The molecule has 0 fully saturated rings. The van der Waals surface area contributed by atoms with E-state index in [1.54, 1.807) is 0 Å². The second kappa shape index (κ2) is 3.12. The number of halogens is 1. The van der Waals surface area contributed by atoms with E-state index in [-0.39, 0.29) is 6.04 Å². The van der Waals surface area contributed by atoms with Crippen molar-refractivity contribution in [1.82, 2.24) is 0 Å². The van der Waals surface area contributed by atoms with Crippen molar-refractivity contribution >= 4 is 17.8 Å². The fraction of sp³-hybridized carbons (Fsp3) is 0.667. The van der Waals surface area contributed by atoms with E-state index in [9.17, 15) is 0 Å². The first kappa shape index (κ1) is 5.92. The first-order valence-corrected chi connectivity index (χ1v) is 2.17. The summed E-state index contributed by atoms with van der Waals surface area (Å²) in [5, 5.41) is 6.47. The number of hydrogen-bond donors (Lipinski definition) is 2. The molecule has 0 aliphatic carbocycles. The third kappa shape index (κ3) is 2.18. The van der Waals surface area contributed by atoms with Crippen molar-refractivity contribution in [3.05, 3.63) is 0 Å². The van der Waals surface area contributed by atoms with E-state index in [2.05, 4.69) is 0 Å². The average Bonchev–Trinajstić information content (AvgIpc) is 1.65. The van der Waals surface area contributed by atoms with Gasteiger partial charge in [-0.2, -0.15) is 0 Å². The summed E-state index contributed by atoms with van der Waals surface area (Å²) in [5.41, 5.74) is 5.10. The van der Waals surface area contributed by atoms with Crippen molar-refractivity contribution in [2.45, 2.75) is 6.04 Å². The van der Waals surface area contributed by atoms with Gasteiger partial charge in [-0.3, -0.25) is 0 Å². The molecule has 3 N–H and O–H groups in total. The van der Waals surface area contributed by atoms with E-state index in [1.807, 2.05) is 0 Å².